The molecule has 0 fully saturated rings. The number of hydrogen-bond donors (Lipinski definition) is 1. The Morgan fingerprint density at radius 1 is 1.26 bits per heavy atom. The van der Waals surface area contributed by atoms with Crippen molar-refractivity contribution >= 4 is 45.9 Å². The molecule has 0 aliphatic carbocycles. The van der Waals surface area contributed by atoms with Gasteiger partial charge in [0.15, 0.2) is 0 Å². The molecule has 1 aromatic carbocycles. The maximum Gasteiger partial charge on any atom is 0.310 e. The molecule has 19 heavy (non-hydrogen) atoms. The molecule has 0 unspecified atom stereocenters. The smallest absolute Gasteiger partial charge is 0.310 e. The number of halogens is 2. The monoisotopic (exact) mass is 316 g/mol. The summed E-state index contributed by atoms with van der Waals surface area (Å²) in [5.41, 5.74) is 0.341. The van der Waals surface area contributed by atoms with Crippen LogP contribution in [-0.4, -0.2) is 11.5 Å². The molecular formula is C12H10Cl2N2O2S. The van der Waals surface area contributed by atoms with Gasteiger partial charge >= 0.3 is 5.69 Å². The Balaban J connectivity index is 2.03. The molecule has 2 rings (SSSR count). The van der Waals surface area contributed by atoms with Gasteiger partial charge in [0.2, 0.25) is 0 Å². The summed E-state index contributed by atoms with van der Waals surface area (Å²) in [6.45, 7) is 0.581. The molecule has 100 valence electrons. The number of nitrogens with one attached hydrogen (secondary N) is 1. The first-order valence-corrected chi connectivity index (χ1v) is 7.06. The van der Waals surface area contributed by atoms with Gasteiger partial charge in [0, 0.05) is 11.4 Å². The minimum atomic E-state index is -0.479. The molecule has 0 atom stereocenters. The van der Waals surface area contributed by atoms with Crippen molar-refractivity contribution in [3.8, 4) is 0 Å². The van der Waals surface area contributed by atoms with Crippen molar-refractivity contribution in [1.82, 2.24) is 0 Å². The molecule has 0 amide bonds. The van der Waals surface area contributed by atoms with Crippen LogP contribution in [0.15, 0.2) is 30.3 Å². The van der Waals surface area contributed by atoms with Crippen molar-refractivity contribution in [2.75, 3.05) is 11.9 Å². The third kappa shape index (κ3) is 3.59. The number of nitro groups is 1. The third-order valence-corrected chi connectivity index (χ3v) is 4.08. The van der Waals surface area contributed by atoms with E-state index < -0.39 is 4.92 Å². The normalized spacial score (nSPS) is 10.4. The topological polar surface area (TPSA) is 55.2 Å². The highest BCUT2D eigenvalue weighted by molar-refractivity contribution is 7.16. The lowest BCUT2D eigenvalue weighted by Crippen LogP contribution is -2.06. The van der Waals surface area contributed by atoms with Crippen LogP contribution in [0.3, 0.4) is 0 Å². The second kappa shape index (κ2) is 6.23. The fraction of sp³-hybridized carbons (Fsp3) is 0.167. The zero-order valence-corrected chi connectivity index (χ0v) is 12.1. The van der Waals surface area contributed by atoms with E-state index in [1.165, 1.54) is 17.4 Å². The van der Waals surface area contributed by atoms with Crippen molar-refractivity contribution in [2.24, 2.45) is 0 Å². The fourth-order valence-electron chi connectivity index (χ4n) is 1.65. The van der Waals surface area contributed by atoms with Gasteiger partial charge < -0.3 is 5.32 Å². The number of benzene rings is 1. The van der Waals surface area contributed by atoms with E-state index in [1.54, 1.807) is 12.1 Å². The highest BCUT2D eigenvalue weighted by Crippen LogP contribution is 2.32. The average Bonchev–Trinajstić information content (AvgIpc) is 2.74. The van der Waals surface area contributed by atoms with Crippen LogP contribution in [0, 0.1) is 10.1 Å². The van der Waals surface area contributed by atoms with Gasteiger partial charge in [-0.3, -0.25) is 10.1 Å². The maximum absolute atomic E-state index is 10.9. The van der Waals surface area contributed by atoms with E-state index in [1.807, 2.05) is 12.1 Å². The van der Waals surface area contributed by atoms with E-state index in [-0.39, 0.29) is 10.7 Å². The second-order valence-corrected chi connectivity index (χ2v) is 5.98. The summed E-state index contributed by atoms with van der Waals surface area (Å²) in [6, 6.07) is 8.61. The van der Waals surface area contributed by atoms with Crippen LogP contribution in [0.25, 0.3) is 0 Å². The number of nitrogens with zero attached hydrogens (tertiary/aromatic N) is 1. The molecule has 1 heterocycles. The van der Waals surface area contributed by atoms with Crippen molar-refractivity contribution < 1.29 is 4.92 Å². The predicted molar refractivity (Wildman–Crippen MR) is 79.6 cm³/mol. The Morgan fingerprint density at radius 2 is 2.05 bits per heavy atom. The minimum Gasteiger partial charge on any atom is -0.379 e. The van der Waals surface area contributed by atoms with E-state index in [0.29, 0.717) is 12.2 Å². The number of hydrogen-bond acceptors (Lipinski definition) is 4. The molecule has 0 spiro atoms. The number of thiophene rings is 1. The van der Waals surface area contributed by atoms with Gasteiger partial charge in [-0.1, -0.05) is 29.3 Å². The van der Waals surface area contributed by atoms with Crippen LogP contribution in [0.5, 0.6) is 0 Å². The van der Waals surface area contributed by atoms with E-state index in [9.17, 15) is 10.1 Å². The second-order valence-electron chi connectivity index (χ2n) is 3.78. The van der Waals surface area contributed by atoms with E-state index in [2.05, 4.69) is 5.32 Å². The van der Waals surface area contributed by atoms with Crippen LogP contribution >= 0.6 is 34.5 Å². The molecule has 0 bridgehead atoms. The molecule has 0 aliphatic heterocycles. The van der Waals surface area contributed by atoms with Crippen molar-refractivity contribution in [1.29, 1.82) is 0 Å². The summed E-state index contributed by atoms with van der Waals surface area (Å²) in [6.07, 6.45) is 0.751. The maximum atomic E-state index is 10.9. The van der Waals surface area contributed by atoms with Gasteiger partial charge in [0.1, 0.15) is 10.7 Å². The molecule has 2 aromatic rings. The molecule has 1 aromatic heterocycles. The van der Waals surface area contributed by atoms with Crippen LogP contribution in [-0.2, 0) is 6.42 Å². The third-order valence-electron chi connectivity index (χ3n) is 2.49. The molecule has 0 radical (unpaired) electrons. The number of nitro benzene ring substituents is 1. The van der Waals surface area contributed by atoms with Crippen LogP contribution in [0.2, 0.25) is 9.36 Å². The molecule has 0 aliphatic rings. The van der Waals surface area contributed by atoms with Crippen LogP contribution in [0.4, 0.5) is 11.4 Å². The number of para-hydroxylation sites is 1. The predicted octanol–water partition coefficient (Wildman–Crippen LogP) is 4.62. The lowest BCUT2D eigenvalue weighted by atomic mass is 10.2. The average molecular weight is 317 g/mol. The minimum absolute atomic E-state index is 0.0895. The van der Waals surface area contributed by atoms with Crippen molar-refractivity contribution in [3.05, 3.63) is 54.7 Å². The SMILES string of the molecule is O=[N+]([O-])c1c(Cl)cccc1NCCc1ccc(Cl)s1. The van der Waals surface area contributed by atoms with Gasteiger partial charge in [0.05, 0.1) is 9.26 Å². The molecule has 4 nitrogen and oxygen atoms in total. The van der Waals surface area contributed by atoms with Gasteiger partial charge in [-0.25, -0.2) is 0 Å². The zero-order chi connectivity index (χ0) is 13.8. The fourth-order valence-corrected chi connectivity index (χ4v) is 2.98. The first kappa shape index (κ1) is 14.1. The van der Waals surface area contributed by atoms with Crippen molar-refractivity contribution in [3.63, 3.8) is 0 Å². The zero-order valence-electron chi connectivity index (χ0n) is 9.73. The standard InChI is InChI=1S/C12H10Cl2N2O2S/c13-9-2-1-3-10(12(9)16(17)18)15-7-6-8-4-5-11(14)19-8/h1-5,15H,6-7H2. The lowest BCUT2D eigenvalue weighted by molar-refractivity contribution is -0.383. The first-order chi connectivity index (χ1) is 9.08. The number of anilines is 1. The molecule has 0 saturated carbocycles. The Morgan fingerprint density at radius 3 is 2.68 bits per heavy atom. The summed E-state index contributed by atoms with van der Waals surface area (Å²) >= 11 is 13.2. The van der Waals surface area contributed by atoms with Crippen LogP contribution in [0.1, 0.15) is 4.88 Å². The van der Waals surface area contributed by atoms with Gasteiger partial charge in [0.25, 0.3) is 0 Å². The summed E-state index contributed by atoms with van der Waals surface area (Å²) < 4.78 is 0.740. The van der Waals surface area contributed by atoms with E-state index in [4.69, 9.17) is 23.2 Å². The summed E-state index contributed by atoms with van der Waals surface area (Å²) in [7, 11) is 0. The van der Waals surface area contributed by atoms with Gasteiger partial charge in [-0.05, 0) is 30.7 Å². The molecular weight excluding hydrogens is 307 g/mol. The molecule has 0 saturated heterocycles. The van der Waals surface area contributed by atoms with E-state index >= 15 is 0 Å². The quantitative estimate of drug-likeness (QED) is 0.647. The largest absolute Gasteiger partial charge is 0.379 e. The number of rotatable bonds is 5. The van der Waals surface area contributed by atoms with Crippen LogP contribution < -0.4 is 5.32 Å². The Labute approximate surface area is 124 Å². The molecule has 7 heteroatoms. The Hall–Kier alpha value is -1.30. The lowest BCUT2D eigenvalue weighted by Gasteiger charge is -2.07. The molecule has 1 N–H and O–H groups in total. The Bertz CT molecular complexity index is 601. The Kier molecular flexibility index (Phi) is 4.63. The highest BCUT2D eigenvalue weighted by atomic mass is 35.5. The summed E-state index contributed by atoms with van der Waals surface area (Å²) in [5, 5.41) is 14.1. The van der Waals surface area contributed by atoms with Crippen molar-refractivity contribution in [2.45, 2.75) is 6.42 Å². The summed E-state index contributed by atoms with van der Waals surface area (Å²) in [4.78, 5) is 11.6. The first-order valence-electron chi connectivity index (χ1n) is 5.49. The highest BCUT2D eigenvalue weighted by Gasteiger charge is 2.17. The van der Waals surface area contributed by atoms with E-state index in [0.717, 1.165) is 15.6 Å². The van der Waals surface area contributed by atoms with Gasteiger partial charge in [-0.2, -0.15) is 0 Å². The van der Waals surface area contributed by atoms with Gasteiger partial charge in [-0.15, -0.1) is 11.3 Å². The summed E-state index contributed by atoms with van der Waals surface area (Å²) in [5.74, 6) is 0.